The van der Waals surface area contributed by atoms with E-state index in [1.165, 1.54) is 0 Å². The number of para-hydroxylation sites is 1. The van der Waals surface area contributed by atoms with Gasteiger partial charge in [-0.25, -0.2) is 9.59 Å². The first kappa shape index (κ1) is 19.1. The molecule has 0 spiro atoms. The first-order valence-corrected chi connectivity index (χ1v) is 8.67. The number of carboxylic acids is 1. The second kappa shape index (κ2) is 7.33. The number of nitrogens with zero attached hydrogens (tertiary/aromatic N) is 2. The molecule has 0 aliphatic carbocycles. The van der Waals surface area contributed by atoms with Gasteiger partial charge in [0, 0.05) is 25.7 Å². The molecule has 1 aliphatic heterocycles. The maximum atomic E-state index is 12.4. The lowest BCUT2D eigenvalue weighted by atomic mass is 9.97. The number of hydrogen-bond acceptors (Lipinski definition) is 4. The standard InChI is InChI=1S/C19H28N2O4/c1-13(2)16-12-20(18(24)25-19(3,4)5)10-11-21(16)15-9-7-6-8-14(15)17(22)23/h6-9,13,16H,10-12H2,1-5H3,(H,22,23)/t16-/m1/s1. The first-order chi connectivity index (χ1) is 11.6. The zero-order valence-electron chi connectivity index (χ0n) is 15.7. The van der Waals surface area contributed by atoms with E-state index in [9.17, 15) is 14.7 Å². The van der Waals surface area contributed by atoms with Crippen LogP contribution in [0.15, 0.2) is 24.3 Å². The Morgan fingerprint density at radius 3 is 2.40 bits per heavy atom. The van der Waals surface area contributed by atoms with Gasteiger partial charge in [0.25, 0.3) is 0 Å². The molecule has 1 fully saturated rings. The van der Waals surface area contributed by atoms with E-state index < -0.39 is 11.6 Å². The molecule has 1 aromatic rings. The quantitative estimate of drug-likeness (QED) is 0.906. The zero-order valence-corrected chi connectivity index (χ0v) is 15.7. The summed E-state index contributed by atoms with van der Waals surface area (Å²) < 4.78 is 5.48. The van der Waals surface area contributed by atoms with E-state index in [1.807, 2.05) is 32.9 Å². The van der Waals surface area contributed by atoms with Crippen LogP contribution in [0.5, 0.6) is 0 Å². The lowest BCUT2D eigenvalue weighted by Gasteiger charge is -2.45. The Balaban J connectivity index is 2.24. The van der Waals surface area contributed by atoms with Crippen molar-refractivity contribution in [2.24, 2.45) is 5.92 Å². The van der Waals surface area contributed by atoms with E-state index in [-0.39, 0.29) is 18.1 Å². The van der Waals surface area contributed by atoms with E-state index in [4.69, 9.17) is 4.74 Å². The molecular weight excluding hydrogens is 320 g/mol. The fraction of sp³-hybridized carbons (Fsp3) is 0.579. The topological polar surface area (TPSA) is 70.1 Å². The molecule has 0 bridgehead atoms. The largest absolute Gasteiger partial charge is 0.478 e. The summed E-state index contributed by atoms with van der Waals surface area (Å²) in [4.78, 5) is 27.8. The van der Waals surface area contributed by atoms with E-state index in [1.54, 1.807) is 17.0 Å². The van der Waals surface area contributed by atoms with Crippen LogP contribution < -0.4 is 4.90 Å². The van der Waals surface area contributed by atoms with Gasteiger partial charge < -0.3 is 19.6 Å². The molecule has 2 rings (SSSR count). The van der Waals surface area contributed by atoms with E-state index in [0.29, 0.717) is 30.9 Å². The number of rotatable bonds is 3. The van der Waals surface area contributed by atoms with Gasteiger partial charge in [0.15, 0.2) is 0 Å². The highest BCUT2D eigenvalue weighted by Gasteiger charge is 2.34. The molecule has 0 unspecified atom stereocenters. The molecule has 1 amide bonds. The van der Waals surface area contributed by atoms with Crippen LogP contribution in [0, 0.1) is 5.92 Å². The third-order valence-electron chi connectivity index (χ3n) is 4.28. The lowest BCUT2D eigenvalue weighted by Crippen LogP contribution is -2.57. The van der Waals surface area contributed by atoms with Crippen LogP contribution in [0.1, 0.15) is 45.0 Å². The number of carbonyl (C=O) groups excluding carboxylic acids is 1. The molecule has 1 aromatic carbocycles. The van der Waals surface area contributed by atoms with Crippen molar-refractivity contribution in [2.45, 2.75) is 46.3 Å². The van der Waals surface area contributed by atoms with Crippen molar-refractivity contribution < 1.29 is 19.4 Å². The Kier molecular flexibility index (Phi) is 5.60. The second-order valence-electron chi connectivity index (χ2n) is 7.75. The van der Waals surface area contributed by atoms with Crippen LogP contribution >= 0.6 is 0 Å². The number of benzene rings is 1. The molecule has 1 saturated heterocycles. The third-order valence-corrected chi connectivity index (χ3v) is 4.28. The van der Waals surface area contributed by atoms with E-state index in [2.05, 4.69) is 18.7 Å². The summed E-state index contributed by atoms with van der Waals surface area (Å²) in [6.07, 6.45) is -0.315. The van der Waals surface area contributed by atoms with Crippen molar-refractivity contribution in [1.29, 1.82) is 0 Å². The predicted octanol–water partition coefficient (Wildman–Crippen LogP) is 3.47. The van der Waals surface area contributed by atoms with Gasteiger partial charge in [0.1, 0.15) is 5.60 Å². The molecule has 6 heteroatoms. The molecule has 138 valence electrons. The SMILES string of the molecule is CC(C)[C@H]1CN(C(=O)OC(C)(C)C)CCN1c1ccccc1C(=O)O. The van der Waals surface area contributed by atoms with Gasteiger partial charge in [0.2, 0.25) is 0 Å². The number of hydrogen-bond donors (Lipinski definition) is 1. The summed E-state index contributed by atoms with van der Waals surface area (Å²) in [6, 6.07) is 7.06. The van der Waals surface area contributed by atoms with Crippen LogP contribution in [0.4, 0.5) is 10.5 Å². The van der Waals surface area contributed by atoms with Gasteiger partial charge in [0.05, 0.1) is 11.3 Å². The predicted molar refractivity (Wildman–Crippen MR) is 97.2 cm³/mol. The molecule has 25 heavy (non-hydrogen) atoms. The van der Waals surface area contributed by atoms with Gasteiger partial charge in [-0.15, -0.1) is 0 Å². The van der Waals surface area contributed by atoms with Crippen LogP contribution in [0.2, 0.25) is 0 Å². The van der Waals surface area contributed by atoms with E-state index in [0.717, 1.165) is 0 Å². The summed E-state index contributed by atoms with van der Waals surface area (Å²) in [7, 11) is 0. The molecule has 0 radical (unpaired) electrons. The van der Waals surface area contributed by atoms with Gasteiger partial charge in [-0.1, -0.05) is 26.0 Å². The molecule has 1 N–H and O–H groups in total. The van der Waals surface area contributed by atoms with Gasteiger partial charge in [-0.3, -0.25) is 0 Å². The maximum Gasteiger partial charge on any atom is 0.410 e. The van der Waals surface area contributed by atoms with Gasteiger partial charge in [-0.2, -0.15) is 0 Å². The number of carboxylic acid groups (broad SMARTS) is 1. The van der Waals surface area contributed by atoms with Crippen LogP contribution in [-0.4, -0.2) is 53.3 Å². The molecule has 0 aromatic heterocycles. The summed E-state index contributed by atoms with van der Waals surface area (Å²) in [6.45, 7) is 11.3. The average Bonchev–Trinajstić information content (AvgIpc) is 2.52. The Labute approximate surface area is 149 Å². The number of anilines is 1. The van der Waals surface area contributed by atoms with Crippen LogP contribution in [0.3, 0.4) is 0 Å². The lowest BCUT2D eigenvalue weighted by molar-refractivity contribution is 0.0201. The Morgan fingerprint density at radius 1 is 1.20 bits per heavy atom. The highest BCUT2D eigenvalue weighted by Crippen LogP contribution is 2.28. The summed E-state index contributed by atoms with van der Waals surface area (Å²) in [5, 5.41) is 9.48. The normalized spacial score (nSPS) is 18.4. The Hall–Kier alpha value is -2.24. The molecule has 1 atom stereocenters. The maximum absolute atomic E-state index is 12.4. The number of carbonyl (C=O) groups is 2. The first-order valence-electron chi connectivity index (χ1n) is 8.67. The third kappa shape index (κ3) is 4.65. The highest BCUT2D eigenvalue weighted by atomic mass is 16.6. The number of ether oxygens (including phenoxy) is 1. The minimum absolute atomic E-state index is 0.0294. The molecule has 0 saturated carbocycles. The average molecular weight is 348 g/mol. The molecule has 1 heterocycles. The van der Waals surface area contributed by atoms with Crippen molar-refractivity contribution in [2.75, 3.05) is 24.5 Å². The number of aromatic carboxylic acids is 1. The number of piperazine rings is 1. The number of amides is 1. The highest BCUT2D eigenvalue weighted by molar-refractivity contribution is 5.94. The minimum Gasteiger partial charge on any atom is -0.478 e. The summed E-state index contributed by atoms with van der Waals surface area (Å²) in [5.41, 5.74) is 0.466. The van der Waals surface area contributed by atoms with Crippen molar-refractivity contribution in [3.8, 4) is 0 Å². The van der Waals surface area contributed by atoms with Gasteiger partial charge in [-0.05, 0) is 38.8 Å². The van der Waals surface area contributed by atoms with Crippen molar-refractivity contribution >= 4 is 17.7 Å². The summed E-state index contributed by atoms with van der Waals surface area (Å²) >= 11 is 0. The Morgan fingerprint density at radius 2 is 1.84 bits per heavy atom. The summed E-state index contributed by atoms with van der Waals surface area (Å²) in [5.74, 6) is -0.681. The fourth-order valence-corrected chi connectivity index (χ4v) is 3.08. The molecule has 6 nitrogen and oxygen atoms in total. The zero-order chi connectivity index (χ0) is 18.8. The monoisotopic (exact) mass is 348 g/mol. The molecule has 1 aliphatic rings. The van der Waals surface area contributed by atoms with Crippen LogP contribution in [0.25, 0.3) is 0 Å². The van der Waals surface area contributed by atoms with Crippen molar-refractivity contribution in [1.82, 2.24) is 4.90 Å². The smallest absolute Gasteiger partial charge is 0.410 e. The fourth-order valence-electron chi connectivity index (χ4n) is 3.08. The minimum atomic E-state index is -0.937. The van der Waals surface area contributed by atoms with Gasteiger partial charge >= 0.3 is 12.1 Å². The van der Waals surface area contributed by atoms with Crippen molar-refractivity contribution in [3.05, 3.63) is 29.8 Å². The van der Waals surface area contributed by atoms with Crippen LogP contribution in [-0.2, 0) is 4.74 Å². The van der Waals surface area contributed by atoms with Crippen molar-refractivity contribution in [3.63, 3.8) is 0 Å². The van der Waals surface area contributed by atoms with E-state index >= 15 is 0 Å². The molecular formula is C19H28N2O4. The Bertz CT molecular complexity index is 637. The second-order valence-corrected chi connectivity index (χ2v) is 7.75.